The molecule has 0 unspecified atom stereocenters. The molecular formula is C23H25BrIN3O3. The molecule has 31 heavy (non-hydrogen) atoms. The van der Waals surface area contributed by atoms with Gasteiger partial charge in [-0.1, -0.05) is 29.8 Å². The van der Waals surface area contributed by atoms with E-state index in [1.54, 1.807) is 19.4 Å². The lowest BCUT2D eigenvalue weighted by atomic mass is 10.2. The van der Waals surface area contributed by atoms with Gasteiger partial charge in [-0.25, -0.2) is 4.98 Å². The first-order valence-electron chi connectivity index (χ1n) is 10.2. The zero-order chi connectivity index (χ0) is 22.5. The third-order valence-corrected chi connectivity index (χ3v) is 6.11. The van der Waals surface area contributed by atoms with Crippen LogP contribution in [-0.2, 0) is 6.42 Å². The minimum Gasteiger partial charge on any atom is -0.493 e. The first-order valence-corrected chi connectivity index (χ1v) is 12.0. The molecule has 3 rings (SSSR count). The van der Waals surface area contributed by atoms with Crippen LogP contribution in [0.4, 0.5) is 0 Å². The summed E-state index contributed by atoms with van der Waals surface area (Å²) in [5.74, 6) is 1.99. The van der Waals surface area contributed by atoms with Crippen molar-refractivity contribution in [2.24, 2.45) is 5.10 Å². The fraction of sp³-hybridized carbons (Fsp3) is 0.348. The monoisotopic (exact) mass is 597 g/mol. The molecule has 0 aliphatic rings. The fourth-order valence-electron chi connectivity index (χ4n) is 3.04. The van der Waals surface area contributed by atoms with E-state index in [1.807, 2.05) is 31.2 Å². The Labute approximate surface area is 203 Å². The van der Waals surface area contributed by atoms with E-state index in [0.717, 1.165) is 32.2 Å². The van der Waals surface area contributed by atoms with Gasteiger partial charge in [-0.3, -0.25) is 4.79 Å². The first kappa shape index (κ1) is 23.7. The number of ether oxygens (including phenoxy) is 2. The average molecular weight is 598 g/mol. The molecule has 0 radical (unpaired) electrons. The highest BCUT2D eigenvalue weighted by atomic mass is 127. The molecule has 1 heterocycles. The van der Waals surface area contributed by atoms with Crippen molar-refractivity contribution in [3.63, 3.8) is 0 Å². The van der Waals surface area contributed by atoms with Gasteiger partial charge in [0, 0.05) is 10.9 Å². The van der Waals surface area contributed by atoms with Gasteiger partial charge in [0.2, 0.25) is 0 Å². The summed E-state index contributed by atoms with van der Waals surface area (Å²) >= 11 is 5.66. The van der Waals surface area contributed by atoms with Gasteiger partial charge in [0.25, 0.3) is 5.56 Å². The number of methoxy groups -OCH3 is 1. The topological polar surface area (TPSA) is 65.7 Å². The summed E-state index contributed by atoms with van der Waals surface area (Å²) in [4.78, 5) is 17.8. The maximum atomic E-state index is 13.1. The molecule has 0 aliphatic heterocycles. The summed E-state index contributed by atoms with van der Waals surface area (Å²) < 4.78 is 14.7. The Morgan fingerprint density at radius 2 is 2.06 bits per heavy atom. The molecule has 0 spiro atoms. The van der Waals surface area contributed by atoms with E-state index in [0.29, 0.717) is 28.9 Å². The second kappa shape index (κ2) is 10.6. The Bertz CT molecular complexity index is 1180. The summed E-state index contributed by atoms with van der Waals surface area (Å²) in [6.45, 7) is 6.15. The Kier molecular flexibility index (Phi) is 8.10. The third-order valence-electron chi connectivity index (χ3n) is 4.82. The Morgan fingerprint density at radius 1 is 1.29 bits per heavy atom. The van der Waals surface area contributed by atoms with Crippen molar-refractivity contribution < 1.29 is 9.47 Å². The highest BCUT2D eigenvalue weighted by Crippen LogP contribution is 2.34. The molecule has 3 aromatic rings. The van der Waals surface area contributed by atoms with E-state index in [-0.39, 0.29) is 11.7 Å². The number of aryl methyl sites for hydroxylation is 1. The number of fused-ring (bicyclic) bond motifs is 1. The molecule has 164 valence electrons. The van der Waals surface area contributed by atoms with Crippen LogP contribution in [0.25, 0.3) is 10.9 Å². The molecule has 0 amide bonds. The molecule has 0 saturated heterocycles. The number of benzene rings is 2. The zero-order valence-corrected chi connectivity index (χ0v) is 21.7. The van der Waals surface area contributed by atoms with Crippen molar-refractivity contribution in [2.45, 2.75) is 46.1 Å². The van der Waals surface area contributed by atoms with Gasteiger partial charge in [0.1, 0.15) is 5.82 Å². The van der Waals surface area contributed by atoms with E-state index < -0.39 is 0 Å². The van der Waals surface area contributed by atoms with Gasteiger partial charge in [0.15, 0.2) is 11.5 Å². The summed E-state index contributed by atoms with van der Waals surface area (Å²) in [5, 5.41) is 5.02. The molecule has 2 aromatic carbocycles. The van der Waals surface area contributed by atoms with Crippen LogP contribution < -0.4 is 15.0 Å². The van der Waals surface area contributed by atoms with Crippen molar-refractivity contribution in [1.82, 2.24) is 9.66 Å². The van der Waals surface area contributed by atoms with Crippen LogP contribution in [-0.4, -0.2) is 29.1 Å². The highest BCUT2D eigenvalue weighted by Gasteiger charge is 2.14. The van der Waals surface area contributed by atoms with Crippen molar-refractivity contribution in [1.29, 1.82) is 0 Å². The largest absolute Gasteiger partial charge is 0.493 e. The van der Waals surface area contributed by atoms with Gasteiger partial charge < -0.3 is 9.47 Å². The molecule has 0 N–H and O–H groups in total. The number of hydrogen-bond donors (Lipinski definition) is 0. The number of halogens is 2. The lowest BCUT2D eigenvalue weighted by Gasteiger charge is -2.17. The smallest absolute Gasteiger partial charge is 0.282 e. The molecule has 8 heteroatoms. The number of aromatic nitrogens is 2. The van der Waals surface area contributed by atoms with Crippen LogP contribution in [0.15, 0.2) is 44.7 Å². The van der Waals surface area contributed by atoms with Crippen molar-refractivity contribution in [2.75, 3.05) is 7.11 Å². The highest BCUT2D eigenvalue weighted by molar-refractivity contribution is 14.1. The number of nitrogens with zero attached hydrogens (tertiary/aromatic N) is 3. The summed E-state index contributed by atoms with van der Waals surface area (Å²) in [6, 6.07) is 9.32. The lowest BCUT2D eigenvalue weighted by molar-refractivity contribution is 0.206. The van der Waals surface area contributed by atoms with E-state index >= 15 is 0 Å². The summed E-state index contributed by atoms with van der Waals surface area (Å²) in [6.07, 6.45) is 4.15. The molecular weight excluding hydrogens is 573 g/mol. The van der Waals surface area contributed by atoms with Crippen LogP contribution in [0.2, 0.25) is 0 Å². The molecule has 1 aromatic heterocycles. The molecule has 0 fully saturated rings. The second-order valence-corrected chi connectivity index (χ2v) is 9.25. The van der Waals surface area contributed by atoms with Gasteiger partial charge in [0.05, 0.1) is 33.9 Å². The van der Waals surface area contributed by atoms with Crippen LogP contribution in [0.5, 0.6) is 11.5 Å². The quantitative estimate of drug-likeness (QED) is 0.244. The normalized spacial score (nSPS) is 12.5. The minimum atomic E-state index is -0.190. The van der Waals surface area contributed by atoms with Gasteiger partial charge in [-0.2, -0.15) is 9.78 Å². The van der Waals surface area contributed by atoms with E-state index in [1.165, 1.54) is 4.68 Å². The maximum absolute atomic E-state index is 13.1. The van der Waals surface area contributed by atoms with E-state index in [4.69, 9.17) is 9.47 Å². The predicted octanol–water partition coefficient (Wildman–Crippen LogP) is 5.78. The van der Waals surface area contributed by atoms with Crippen molar-refractivity contribution in [3.8, 4) is 11.5 Å². The third kappa shape index (κ3) is 5.46. The van der Waals surface area contributed by atoms with Crippen molar-refractivity contribution >= 4 is 55.6 Å². The van der Waals surface area contributed by atoms with Gasteiger partial charge >= 0.3 is 0 Å². The second-order valence-electron chi connectivity index (χ2n) is 7.17. The number of hydrogen-bond acceptors (Lipinski definition) is 5. The van der Waals surface area contributed by atoms with E-state index in [9.17, 15) is 4.79 Å². The maximum Gasteiger partial charge on any atom is 0.282 e. The Hall–Kier alpha value is -1.94. The van der Waals surface area contributed by atoms with Crippen molar-refractivity contribution in [3.05, 3.63) is 60.1 Å². The first-order chi connectivity index (χ1) is 14.9. The van der Waals surface area contributed by atoms with Crippen LogP contribution in [0.3, 0.4) is 0 Å². The zero-order valence-electron chi connectivity index (χ0n) is 18.0. The standard InChI is InChI=1S/C23H25BrIN3O3/c1-5-7-21-27-19-9-8-16(24)12-17(19)23(29)28(21)26-13-15-10-18(25)22(20(11-15)30-4)31-14(3)6-2/h8-14H,5-7H2,1-4H3/t14-/m0/s1. The SMILES string of the molecule is CCCc1nc2ccc(Br)cc2c(=O)n1N=Cc1cc(I)c(O[C@@H](C)CC)c(OC)c1. The van der Waals surface area contributed by atoms with Crippen LogP contribution >= 0.6 is 38.5 Å². The summed E-state index contributed by atoms with van der Waals surface area (Å²) in [7, 11) is 1.62. The average Bonchev–Trinajstić information content (AvgIpc) is 2.75. The van der Waals surface area contributed by atoms with Gasteiger partial charge in [-0.05, 0) is 78.3 Å². The Balaban J connectivity index is 2.06. The molecule has 6 nitrogen and oxygen atoms in total. The molecule has 0 saturated carbocycles. The summed E-state index contributed by atoms with van der Waals surface area (Å²) in [5.41, 5.74) is 1.29. The Morgan fingerprint density at radius 3 is 2.74 bits per heavy atom. The molecule has 0 aliphatic carbocycles. The van der Waals surface area contributed by atoms with Crippen LogP contribution in [0.1, 0.15) is 45.0 Å². The van der Waals surface area contributed by atoms with E-state index in [2.05, 4.69) is 62.5 Å². The molecule has 0 bridgehead atoms. The fourth-order valence-corrected chi connectivity index (χ4v) is 4.15. The van der Waals surface area contributed by atoms with Gasteiger partial charge in [-0.15, -0.1) is 0 Å². The minimum absolute atomic E-state index is 0.0834. The van der Waals surface area contributed by atoms with Crippen LogP contribution in [0, 0.1) is 3.57 Å². The predicted molar refractivity (Wildman–Crippen MR) is 137 cm³/mol. The number of rotatable bonds is 8. The lowest BCUT2D eigenvalue weighted by Crippen LogP contribution is -2.22. The molecule has 1 atom stereocenters.